The van der Waals surface area contributed by atoms with Gasteiger partial charge in [0.15, 0.2) is 0 Å². The van der Waals surface area contributed by atoms with E-state index in [-0.39, 0.29) is 11.8 Å². The minimum atomic E-state index is -0.123. The van der Waals surface area contributed by atoms with Crippen molar-refractivity contribution in [2.45, 2.75) is 38.1 Å². The Kier molecular flexibility index (Phi) is 3.68. The number of ketones is 1. The van der Waals surface area contributed by atoms with E-state index in [0.29, 0.717) is 17.2 Å². The van der Waals surface area contributed by atoms with Crippen molar-refractivity contribution in [1.82, 2.24) is 4.98 Å². The summed E-state index contributed by atoms with van der Waals surface area (Å²) < 4.78 is 0. The molecule has 1 unspecified atom stereocenters. The second-order valence-electron chi connectivity index (χ2n) is 5.44. The fourth-order valence-electron chi connectivity index (χ4n) is 2.40. The first-order chi connectivity index (χ1) is 9.65. The number of nitrogens with zero attached hydrogens (tertiary/aromatic N) is 1. The highest BCUT2D eigenvalue weighted by Gasteiger charge is 2.20. The highest BCUT2D eigenvalue weighted by atomic mass is 32.1. The third-order valence-corrected chi connectivity index (χ3v) is 4.94. The van der Waals surface area contributed by atoms with Crippen molar-refractivity contribution in [3.05, 3.63) is 51.5 Å². The SMILES string of the molecule is CC(N)c1nc(C(=O)c2ccc(C3CCC3)cc2)cs1. The molecule has 0 saturated heterocycles. The van der Waals surface area contributed by atoms with Crippen LogP contribution >= 0.6 is 11.3 Å². The fraction of sp³-hybridized carbons (Fsp3) is 0.375. The van der Waals surface area contributed by atoms with Gasteiger partial charge in [-0.1, -0.05) is 30.7 Å². The van der Waals surface area contributed by atoms with Crippen LogP contribution in [0.5, 0.6) is 0 Å². The molecule has 0 bridgehead atoms. The molecular formula is C16H18N2OS. The highest BCUT2D eigenvalue weighted by molar-refractivity contribution is 7.09. The van der Waals surface area contributed by atoms with Gasteiger partial charge in [-0.3, -0.25) is 4.79 Å². The number of hydrogen-bond donors (Lipinski definition) is 1. The van der Waals surface area contributed by atoms with Crippen LogP contribution in [0, 0.1) is 0 Å². The average Bonchev–Trinajstić information content (AvgIpc) is 2.86. The van der Waals surface area contributed by atoms with E-state index in [1.807, 2.05) is 19.1 Å². The number of carbonyl (C=O) groups excluding carboxylic acids is 1. The van der Waals surface area contributed by atoms with E-state index in [1.165, 1.54) is 36.2 Å². The number of carbonyl (C=O) groups is 1. The van der Waals surface area contributed by atoms with Crippen LogP contribution in [0.15, 0.2) is 29.6 Å². The lowest BCUT2D eigenvalue weighted by Crippen LogP contribution is -2.09. The van der Waals surface area contributed by atoms with Gasteiger partial charge in [0.1, 0.15) is 10.7 Å². The molecule has 1 aliphatic rings. The minimum absolute atomic E-state index is 0.0201. The first-order valence-electron chi connectivity index (χ1n) is 7.01. The molecule has 20 heavy (non-hydrogen) atoms. The Morgan fingerprint density at radius 1 is 1.35 bits per heavy atom. The molecule has 1 heterocycles. The number of benzene rings is 1. The van der Waals surface area contributed by atoms with Crippen molar-refractivity contribution >= 4 is 17.1 Å². The largest absolute Gasteiger partial charge is 0.322 e. The average molecular weight is 286 g/mol. The molecule has 0 spiro atoms. The Hall–Kier alpha value is -1.52. The molecule has 1 saturated carbocycles. The molecule has 104 valence electrons. The summed E-state index contributed by atoms with van der Waals surface area (Å²) in [6.45, 7) is 1.88. The third-order valence-electron chi connectivity index (χ3n) is 3.89. The summed E-state index contributed by atoms with van der Waals surface area (Å²) in [4.78, 5) is 16.7. The first-order valence-corrected chi connectivity index (χ1v) is 7.89. The molecule has 4 heteroatoms. The zero-order valence-corrected chi connectivity index (χ0v) is 12.3. The Morgan fingerprint density at radius 2 is 2.05 bits per heavy atom. The Bertz CT molecular complexity index is 612. The maximum Gasteiger partial charge on any atom is 0.212 e. The fourth-order valence-corrected chi connectivity index (χ4v) is 3.15. The summed E-state index contributed by atoms with van der Waals surface area (Å²) in [6.07, 6.45) is 3.87. The Balaban J connectivity index is 1.78. The molecule has 1 fully saturated rings. The van der Waals surface area contributed by atoms with Gasteiger partial charge in [-0.15, -0.1) is 11.3 Å². The van der Waals surface area contributed by atoms with Gasteiger partial charge in [-0.2, -0.15) is 0 Å². The van der Waals surface area contributed by atoms with E-state index in [1.54, 1.807) is 5.38 Å². The molecule has 2 aromatic rings. The summed E-state index contributed by atoms with van der Waals surface area (Å²) in [5.74, 6) is 0.677. The van der Waals surface area contributed by atoms with Crippen molar-refractivity contribution in [2.75, 3.05) is 0 Å². The lowest BCUT2D eigenvalue weighted by molar-refractivity contribution is 0.103. The van der Waals surface area contributed by atoms with Gasteiger partial charge in [0.2, 0.25) is 5.78 Å². The van der Waals surface area contributed by atoms with Gasteiger partial charge >= 0.3 is 0 Å². The maximum atomic E-state index is 12.4. The second kappa shape index (κ2) is 5.46. The summed E-state index contributed by atoms with van der Waals surface area (Å²) in [5, 5.41) is 2.60. The summed E-state index contributed by atoms with van der Waals surface area (Å²) in [7, 11) is 0. The van der Waals surface area contributed by atoms with Crippen LogP contribution in [-0.2, 0) is 0 Å². The molecule has 0 radical (unpaired) electrons. The predicted octanol–water partition coefficient (Wildman–Crippen LogP) is 3.66. The number of rotatable bonds is 4. The van der Waals surface area contributed by atoms with Crippen LogP contribution in [0.2, 0.25) is 0 Å². The monoisotopic (exact) mass is 286 g/mol. The zero-order chi connectivity index (χ0) is 14.1. The smallest absolute Gasteiger partial charge is 0.212 e. The van der Waals surface area contributed by atoms with Gasteiger partial charge in [0.05, 0.1) is 6.04 Å². The normalized spacial score (nSPS) is 16.7. The third kappa shape index (κ3) is 2.53. The quantitative estimate of drug-likeness (QED) is 0.873. The molecule has 2 N–H and O–H groups in total. The molecule has 0 amide bonds. The zero-order valence-electron chi connectivity index (χ0n) is 11.5. The summed E-state index contributed by atoms with van der Waals surface area (Å²) in [6, 6.07) is 7.87. The number of thiazole rings is 1. The molecule has 1 aromatic carbocycles. The summed E-state index contributed by atoms with van der Waals surface area (Å²) >= 11 is 1.44. The molecule has 1 aliphatic carbocycles. The second-order valence-corrected chi connectivity index (χ2v) is 6.33. The van der Waals surface area contributed by atoms with Gasteiger partial charge in [-0.25, -0.2) is 4.98 Å². The number of hydrogen-bond acceptors (Lipinski definition) is 4. The molecule has 3 nitrogen and oxygen atoms in total. The highest BCUT2D eigenvalue weighted by Crippen LogP contribution is 2.36. The van der Waals surface area contributed by atoms with Gasteiger partial charge < -0.3 is 5.73 Å². The van der Waals surface area contributed by atoms with E-state index in [2.05, 4.69) is 17.1 Å². The maximum absolute atomic E-state index is 12.4. The van der Waals surface area contributed by atoms with Crippen molar-refractivity contribution in [1.29, 1.82) is 0 Å². The van der Waals surface area contributed by atoms with Crippen molar-refractivity contribution in [2.24, 2.45) is 5.73 Å². The topological polar surface area (TPSA) is 56.0 Å². The Labute approximate surface area is 122 Å². The number of aromatic nitrogens is 1. The van der Waals surface area contributed by atoms with Crippen LogP contribution < -0.4 is 5.73 Å². The molecule has 1 aromatic heterocycles. The van der Waals surface area contributed by atoms with Crippen LogP contribution in [0.1, 0.15) is 64.8 Å². The predicted molar refractivity (Wildman–Crippen MR) is 81.2 cm³/mol. The van der Waals surface area contributed by atoms with E-state index in [9.17, 15) is 4.79 Å². The van der Waals surface area contributed by atoms with E-state index in [0.717, 1.165) is 5.01 Å². The van der Waals surface area contributed by atoms with Crippen LogP contribution in [0.3, 0.4) is 0 Å². The first kappa shape index (κ1) is 13.5. The van der Waals surface area contributed by atoms with Gasteiger partial charge in [0.25, 0.3) is 0 Å². The molecule has 1 atom stereocenters. The van der Waals surface area contributed by atoms with Crippen molar-refractivity contribution in [3.63, 3.8) is 0 Å². The van der Waals surface area contributed by atoms with Crippen LogP contribution in [0.25, 0.3) is 0 Å². The van der Waals surface area contributed by atoms with E-state index < -0.39 is 0 Å². The van der Waals surface area contributed by atoms with Gasteiger partial charge in [0, 0.05) is 10.9 Å². The minimum Gasteiger partial charge on any atom is -0.322 e. The number of nitrogens with two attached hydrogens (primary N) is 1. The molecular weight excluding hydrogens is 268 g/mol. The van der Waals surface area contributed by atoms with E-state index in [4.69, 9.17) is 5.73 Å². The molecule has 0 aliphatic heterocycles. The lowest BCUT2D eigenvalue weighted by atomic mass is 9.80. The van der Waals surface area contributed by atoms with Crippen LogP contribution in [0.4, 0.5) is 0 Å². The lowest BCUT2D eigenvalue weighted by Gasteiger charge is -2.25. The van der Waals surface area contributed by atoms with Crippen molar-refractivity contribution < 1.29 is 4.79 Å². The van der Waals surface area contributed by atoms with Crippen molar-refractivity contribution in [3.8, 4) is 0 Å². The van der Waals surface area contributed by atoms with E-state index >= 15 is 0 Å². The molecule has 3 rings (SSSR count). The van der Waals surface area contributed by atoms with Crippen LogP contribution in [-0.4, -0.2) is 10.8 Å². The van der Waals surface area contributed by atoms with Gasteiger partial charge in [-0.05, 0) is 31.2 Å². The summed E-state index contributed by atoms with van der Waals surface area (Å²) in [5.41, 5.74) is 8.33. The Morgan fingerprint density at radius 3 is 2.55 bits per heavy atom. The standard InChI is InChI=1S/C16H18N2OS/c1-10(17)16-18-14(9-20-16)15(19)13-7-5-12(6-8-13)11-3-2-4-11/h5-11H,2-4,17H2,1H3.